The number of amides is 1. The first-order valence-electron chi connectivity index (χ1n) is 8.18. The van der Waals surface area contributed by atoms with Crippen molar-refractivity contribution in [2.45, 2.75) is 26.3 Å². The second kappa shape index (κ2) is 7.77. The summed E-state index contributed by atoms with van der Waals surface area (Å²) in [6.45, 7) is 5.87. The molecule has 2 heterocycles. The van der Waals surface area contributed by atoms with Gasteiger partial charge in [0.1, 0.15) is 0 Å². The maximum absolute atomic E-state index is 12.7. The summed E-state index contributed by atoms with van der Waals surface area (Å²) >= 11 is 5.94. The van der Waals surface area contributed by atoms with E-state index in [1.807, 2.05) is 24.3 Å². The fraction of sp³-hybridized carbons (Fsp3) is 0.471. The van der Waals surface area contributed by atoms with E-state index in [0.717, 1.165) is 25.2 Å². The highest BCUT2D eigenvalue weighted by atomic mass is 35.5. The van der Waals surface area contributed by atoms with Crippen LogP contribution in [0.3, 0.4) is 0 Å². The number of halogens is 1. The highest BCUT2D eigenvalue weighted by Crippen LogP contribution is 2.14. The summed E-state index contributed by atoms with van der Waals surface area (Å²) in [4.78, 5) is 20.9. The van der Waals surface area contributed by atoms with Crippen LogP contribution in [0.1, 0.15) is 34.9 Å². The predicted octanol–water partition coefficient (Wildman–Crippen LogP) is 2.77. The van der Waals surface area contributed by atoms with Crippen LogP contribution in [0.4, 0.5) is 0 Å². The summed E-state index contributed by atoms with van der Waals surface area (Å²) in [5.74, 6) is 0.299. The molecule has 1 aliphatic rings. The Bertz CT molecular complexity index is 680. The molecule has 24 heavy (non-hydrogen) atoms. The van der Waals surface area contributed by atoms with Crippen molar-refractivity contribution >= 4 is 17.5 Å². The van der Waals surface area contributed by atoms with E-state index in [1.165, 1.54) is 12.8 Å². The Kier molecular flexibility index (Phi) is 5.48. The number of likely N-dealkylation sites (tertiary alicyclic amines) is 1. The molecule has 0 spiro atoms. The first-order chi connectivity index (χ1) is 11.6. The van der Waals surface area contributed by atoms with Gasteiger partial charge in [-0.2, -0.15) is 4.98 Å². The molecule has 0 atom stereocenters. The number of aryl methyl sites for hydroxylation is 1. The number of hydrogen-bond donors (Lipinski definition) is 0. The van der Waals surface area contributed by atoms with Gasteiger partial charge in [0.05, 0.1) is 0 Å². The number of benzene rings is 1. The summed E-state index contributed by atoms with van der Waals surface area (Å²) in [5.41, 5.74) is 1.02. The molecular formula is C17H21ClN4O2. The molecule has 6 nitrogen and oxygen atoms in total. The van der Waals surface area contributed by atoms with Gasteiger partial charge in [0.25, 0.3) is 11.7 Å². The van der Waals surface area contributed by atoms with E-state index in [4.69, 9.17) is 16.1 Å². The standard InChI is InChI=1S/C17H21ClN4O2/c1-13-19-16(20-24-13)17(23)22(11-10-21-8-2-3-9-21)12-14-4-6-15(18)7-5-14/h4-7H,2-3,8-12H2,1H3. The number of hydrogen-bond acceptors (Lipinski definition) is 5. The summed E-state index contributed by atoms with van der Waals surface area (Å²) < 4.78 is 4.94. The van der Waals surface area contributed by atoms with E-state index in [-0.39, 0.29) is 11.7 Å². The zero-order chi connectivity index (χ0) is 16.9. The molecule has 1 saturated heterocycles. The van der Waals surface area contributed by atoms with Gasteiger partial charge in [0.2, 0.25) is 5.89 Å². The van der Waals surface area contributed by atoms with Crippen LogP contribution >= 0.6 is 11.6 Å². The van der Waals surface area contributed by atoms with Gasteiger partial charge in [-0.05, 0) is 43.6 Å². The zero-order valence-electron chi connectivity index (χ0n) is 13.7. The minimum absolute atomic E-state index is 0.114. The monoisotopic (exact) mass is 348 g/mol. The third kappa shape index (κ3) is 4.33. The van der Waals surface area contributed by atoms with Gasteiger partial charge < -0.3 is 14.3 Å². The zero-order valence-corrected chi connectivity index (χ0v) is 14.5. The van der Waals surface area contributed by atoms with Crippen LogP contribution in [0.2, 0.25) is 5.02 Å². The molecule has 1 amide bonds. The molecular weight excluding hydrogens is 328 g/mol. The van der Waals surface area contributed by atoms with Crippen LogP contribution < -0.4 is 0 Å². The van der Waals surface area contributed by atoms with Crippen LogP contribution in [0, 0.1) is 6.92 Å². The first kappa shape index (κ1) is 16.9. The fourth-order valence-corrected chi connectivity index (χ4v) is 2.98. The maximum Gasteiger partial charge on any atom is 0.295 e. The lowest BCUT2D eigenvalue weighted by Gasteiger charge is -2.24. The molecule has 7 heteroatoms. The Morgan fingerprint density at radius 2 is 2.00 bits per heavy atom. The summed E-state index contributed by atoms with van der Waals surface area (Å²) in [7, 11) is 0. The fourth-order valence-electron chi connectivity index (χ4n) is 2.86. The van der Waals surface area contributed by atoms with Crippen LogP contribution in [-0.2, 0) is 6.54 Å². The molecule has 0 radical (unpaired) electrons. The second-order valence-corrected chi connectivity index (χ2v) is 6.48. The van der Waals surface area contributed by atoms with Gasteiger partial charge in [-0.15, -0.1) is 0 Å². The van der Waals surface area contributed by atoms with Crippen LogP contribution in [0.5, 0.6) is 0 Å². The molecule has 1 aromatic heterocycles. The van der Waals surface area contributed by atoms with Crippen LogP contribution in [0.15, 0.2) is 28.8 Å². The highest BCUT2D eigenvalue weighted by Gasteiger charge is 2.22. The van der Waals surface area contributed by atoms with E-state index in [1.54, 1.807) is 11.8 Å². The highest BCUT2D eigenvalue weighted by molar-refractivity contribution is 6.30. The van der Waals surface area contributed by atoms with Crippen molar-refractivity contribution in [3.8, 4) is 0 Å². The first-order valence-corrected chi connectivity index (χ1v) is 8.56. The lowest BCUT2D eigenvalue weighted by atomic mass is 10.2. The molecule has 3 rings (SSSR count). The SMILES string of the molecule is Cc1nc(C(=O)N(CCN2CCCC2)Cc2ccc(Cl)cc2)no1. The summed E-state index contributed by atoms with van der Waals surface area (Å²) in [6.07, 6.45) is 2.46. The Morgan fingerprint density at radius 3 is 2.62 bits per heavy atom. The van der Waals surface area contributed by atoms with Crippen molar-refractivity contribution < 1.29 is 9.32 Å². The van der Waals surface area contributed by atoms with Gasteiger partial charge >= 0.3 is 0 Å². The Hall–Kier alpha value is -1.92. The lowest BCUT2D eigenvalue weighted by molar-refractivity contribution is 0.0711. The van der Waals surface area contributed by atoms with Crippen molar-refractivity contribution in [1.29, 1.82) is 0 Å². The quantitative estimate of drug-likeness (QED) is 0.803. The third-order valence-electron chi connectivity index (χ3n) is 4.18. The van der Waals surface area contributed by atoms with E-state index < -0.39 is 0 Å². The Morgan fingerprint density at radius 1 is 1.29 bits per heavy atom. The van der Waals surface area contributed by atoms with Gasteiger partial charge in [-0.25, -0.2) is 0 Å². The van der Waals surface area contributed by atoms with Gasteiger partial charge in [0, 0.05) is 31.6 Å². The van der Waals surface area contributed by atoms with E-state index in [2.05, 4.69) is 15.0 Å². The number of aromatic nitrogens is 2. The minimum Gasteiger partial charge on any atom is -0.339 e. The predicted molar refractivity (Wildman–Crippen MR) is 90.9 cm³/mol. The normalized spacial score (nSPS) is 14.9. The van der Waals surface area contributed by atoms with Crippen molar-refractivity contribution in [2.24, 2.45) is 0 Å². The third-order valence-corrected chi connectivity index (χ3v) is 4.43. The van der Waals surface area contributed by atoms with E-state index >= 15 is 0 Å². The smallest absolute Gasteiger partial charge is 0.295 e. The van der Waals surface area contributed by atoms with Crippen LogP contribution in [-0.4, -0.2) is 52.0 Å². The molecule has 1 fully saturated rings. The molecule has 0 N–H and O–H groups in total. The van der Waals surface area contributed by atoms with Gasteiger partial charge in [-0.3, -0.25) is 4.79 Å². The van der Waals surface area contributed by atoms with Crippen LogP contribution in [0.25, 0.3) is 0 Å². The Labute approximate surface area is 146 Å². The maximum atomic E-state index is 12.7. The molecule has 0 aliphatic carbocycles. The molecule has 0 unspecified atom stereocenters. The van der Waals surface area contributed by atoms with Crippen molar-refractivity contribution in [2.75, 3.05) is 26.2 Å². The van der Waals surface area contributed by atoms with Gasteiger partial charge in [0.15, 0.2) is 0 Å². The minimum atomic E-state index is -0.207. The average Bonchev–Trinajstić information content (AvgIpc) is 3.24. The Balaban J connectivity index is 1.71. The summed E-state index contributed by atoms with van der Waals surface area (Å²) in [6, 6.07) is 7.52. The van der Waals surface area contributed by atoms with Gasteiger partial charge in [-0.1, -0.05) is 28.9 Å². The largest absolute Gasteiger partial charge is 0.339 e. The molecule has 1 aromatic carbocycles. The molecule has 1 aliphatic heterocycles. The van der Waals surface area contributed by atoms with Crippen molar-refractivity contribution in [1.82, 2.24) is 19.9 Å². The number of nitrogens with zero attached hydrogens (tertiary/aromatic N) is 4. The number of carbonyl (C=O) groups excluding carboxylic acids is 1. The summed E-state index contributed by atoms with van der Waals surface area (Å²) in [5, 5.41) is 4.44. The van der Waals surface area contributed by atoms with Crippen molar-refractivity contribution in [3.05, 3.63) is 46.6 Å². The lowest BCUT2D eigenvalue weighted by Crippen LogP contribution is -2.38. The van der Waals surface area contributed by atoms with E-state index in [9.17, 15) is 4.79 Å². The number of carbonyl (C=O) groups is 1. The average molecular weight is 349 g/mol. The molecule has 0 saturated carbocycles. The topological polar surface area (TPSA) is 62.5 Å². The molecule has 0 bridgehead atoms. The second-order valence-electron chi connectivity index (χ2n) is 6.04. The van der Waals surface area contributed by atoms with E-state index in [0.29, 0.717) is 24.0 Å². The number of rotatable bonds is 6. The molecule has 2 aromatic rings. The van der Waals surface area contributed by atoms with Crippen molar-refractivity contribution in [3.63, 3.8) is 0 Å². The molecule has 128 valence electrons.